The topological polar surface area (TPSA) is 77.1 Å². The molecule has 2 aromatic rings. The van der Waals surface area contributed by atoms with Crippen LogP contribution in [0.5, 0.6) is 0 Å². The van der Waals surface area contributed by atoms with E-state index in [1.54, 1.807) is 24.4 Å². The summed E-state index contributed by atoms with van der Waals surface area (Å²) in [5.74, 6) is 0. The fourth-order valence-electron chi connectivity index (χ4n) is 1.90. The molecule has 1 aromatic heterocycles. The Balaban J connectivity index is 2.33. The minimum absolute atomic E-state index is 0.235. The Morgan fingerprint density at radius 2 is 2.10 bits per heavy atom. The molecule has 1 heterocycles. The molecular weight excluding hydrogens is 389 g/mol. The summed E-state index contributed by atoms with van der Waals surface area (Å²) in [5, 5.41) is 0. The Morgan fingerprint density at radius 3 is 2.65 bits per heavy atom. The second-order valence-corrected chi connectivity index (χ2v) is 7.20. The fourth-order valence-corrected chi connectivity index (χ4v) is 3.56. The molecule has 1 aromatic carbocycles. The smallest absolute Gasteiger partial charge is 0.263 e. The zero-order chi connectivity index (χ0) is 14.8. The summed E-state index contributed by atoms with van der Waals surface area (Å²) < 4.78 is 30.1. The third kappa shape index (κ3) is 3.33. The maximum absolute atomic E-state index is 12.3. The summed E-state index contributed by atoms with van der Waals surface area (Å²) in [6.07, 6.45) is 1.61. The maximum atomic E-state index is 12.3. The van der Waals surface area contributed by atoms with Crippen molar-refractivity contribution < 1.29 is 8.42 Å². The van der Waals surface area contributed by atoms with Gasteiger partial charge in [0.05, 0.1) is 0 Å². The van der Waals surface area contributed by atoms with Crippen molar-refractivity contribution in [2.45, 2.75) is 24.9 Å². The monoisotopic (exact) mass is 405 g/mol. The van der Waals surface area contributed by atoms with Crippen LogP contribution in [0.2, 0.25) is 0 Å². The van der Waals surface area contributed by atoms with E-state index in [0.29, 0.717) is 18.8 Å². The highest BCUT2D eigenvalue weighted by Gasteiger charge is 2.18. The molecule has 0 atom stereocenters. The number of hydrogen-bond donors (Lipinski definition) is 2. The van der Waals surface area contributed by atoms with Gasteiger partial charge in [-0.3, -0.25) is 4.72 Å². The second kappa shape index (κ2) is 6.15. The van der Waals surface area contributed by atoms with Crippen LogP contribution in [0.4, 0.5) is 5.69 Å². The van der Waals surface area contributed by atoms with Crippen LogP contribution < -0.4 is 10.5 Å². The number of halogens is 1. The van der Waals surface area contributed by atoms with Gasteiger partial charge in [-0.15, -0.1) is 0 Å². The molecule has 108 valence electrons. The molecule has 0 unspecified atom stereocenters. The summed E-state index contributed by atoms with van der Waals surface area (Å²) in [6.45, 7) is 2.94. The Bertz CT molecular complexity index is 689. The minimum Gasteiger partial charge on any atom is -0.349 e. The third-order valence-electron chi connectivity index (χ3n) is 2.90. The first-order chi connectivity index (χ1) is 9.46. The number of anilines is 1. The lowest BCUT2D eigenvalue weighted by molar-refractivity contribution is 0.600. The van der Waals surface area contributed by atoms with Gasteiger partial charge in [0.15, 0.2) is 0 Å². The van der Waals surface area contributed by atoms with Crippen LogP contribution in [0.15, 0.2) is 41.4 Å². The summed E-state index contributed by atoms with van der Waals surface area (Å²) in [4.78, 5) is 0.235. The van der Waals surface area contributed by atoms with Gasteiger partial charge in [-0.25, -0.2) is 8.42 Å². The first-order valence-corrected chi connectivity index (χ1v) is 8.70. The van der Waals surface area contributed by atoms with Gasteiger partial charge in [0.2, 0.25) is 0 Å². The molecule has 2 rings (SSSR count). The average Bonchev–Trinajstić information content (AvgIpc) is 2.82. The van der Waals surface area contributed by atoms with Crippen molar-refractivity contribution in [1.29, 1.82) is 0 Å². The van der Waals surface area contributed by atoms with Gasteiger partial charge in [-0.05, 0) is 53.8 Å². The highest BCUT2D eigenvalue weighted by atomic mass is 127. The first kappa shape index (κ1) is 15.3. The van der Waals surface area contributed by atoms with Gasteiger partial charge in [-0.2, -0.15) is 0 Å². The number of nitrogens with one attached hydrogen (secondary N) is 1. The zero-order valence-electron chi connectivity index (χ0n) is 11.0. The van der Waals surface area contributed by atoms with Crippen LogP contribution in [-0.4, -0.2) is 13.0 Å². The van der Waals surface area contributed by atoms with Crippen molar-refractivity contribution in [3.05, 3.63) is 45.8 Å². The normalized spacial score (nSPS) is 11.6. The number of sulfonamides is 1. The maximum Gasteiger partial charge on any atom is 0.263 e. The highest BCUT2D eigenvalue weighted by molar-refractivity contribution is 14.1. The third-order valence-corrected chi connectivity index (χ3v) is 4.92. The SMILES string of the molecule is CCn1cc(S(=O)(=O)Nc2cccc(I)c2)cc1CN. The van der Waals surface area contributed by atoms with Crippen molar-refractivity contribution in [3.8, 4) is 0 Å². The van der Waals surface area contributed by atoms with E-state index in [9.17, 15) is 8.42 Å². The molecule has 0 radical (unpaired) electrons. The molecule has 0 aliphatic heterocycles. The van der Waals surface area contributed by atoms with Crippen LogP contribution in [-0.2, 0) is 23.1 Å². The number of hydrogen-bond acceptors (Lipinski definition) is 3. The van der Waals surface area contributed by atoms with E-state index in [2.05, 4.69) is 27.3 Å². The summed E-state index contributed by atoms with van der Waals surface area (Å²) >= 11 is 2.14. The molecule has 0 aliphatic rings. The van der Waals surface area contributed by atoms with Crippen LogP contribution in [0.1, 0.15) is 12.6 Å². The molecule has 0 fully saturated rings. The van der Waals surface area contributed by atoms with Crippen LogP contribution >= 0.6 is 22.6 Å². The van der Waals surface area contributed by atoms with E-state index in [4.69, 9.17) is 5.73 Å². The Labute approximate surface area is 132 Å². The van der Waals surface area contributed by atoms with Gasteiger partial charge < -0.3 is 10.3 Å². The van der Waals surface area contributed by atoms with E-state index in [0.717, 1.165) is 9.26 Å². The summed E-state index contributed by atoms with van der Waals surface area (Å²) in [7, 11) is -3.58. The number of rotatable bonds is 5. The Morgan fingerprint density at radius 1 is 1.35 bits per heavy atom. The Hall–Kier alpha value is -1.06. The lowest BCUT2D eigenvalue weighted by Crippen LogP contribution is -2.12. The number of benzene rings is 1. The van der Waals surface area contributed by atoms with Gasteiger partial charge in [0.1, 0.15) is 4.90 Å². The molecule has 0 saturated heterocycles. The van der Waals surface area contributed by atoms with E-state index < -0.39 is 10.0 Å². The molecule has 0 bridgehead atoms. The number of nitrogens with zero attached hydrogens (tertiary/aromatic N) is 1. The van der Waals surface area contributed by atoms with Crippen LogP contribution in [0.25, 0.3) is 0 Å². The zero-order valence-corrected chi connectivity index (χ0v) is 14.0. The Kier molecular flexibility index (Phi) is 4.71. The van der Waals surface area contributed by atoms with E-state index in [1.165, 1.54) is 0 Å². The van der Waals surface area contributed by atoms with Crippen molar-refractivity contribution in [1.82, 2.24) is 4.57 Å². The molecule has 0 spiro atoms. The predicted octanol–water partition coefficient (Wildman–Crippen LogP) is 2.37. The summed E-state index contributed by atoms with van der Waals surface area (Å²) in [6, 6.07) is 8.82. The average molecular weight is 405 g/mol. The van der Waals surface area contributed by atoms with Gasteiger partial charge in [-0.1, -0.05) is 6.07 Å². The number of nitrogens with two attached hydrogens (primary N) is 1. The lowest BCUT2D eigenvalue weighted by atomic mass is 10.3. The molecule has 0 amide bonds. The lowest BCUT2D eigenvalue weighted by Gasteiger charge is -2.06. The van der Waals surface area contributed by atoms with Crippen molar-refractivity contribution >= 4 is 38.3 Å². The van der Waals surface area contributed by atoms with E-state index in [-0.39, 0.29) is 4.90 Å². The van der Waals surface area contributed by atoms with E-state index in [1.807, 2.05) is 23.6 Å². The molecule has 0 aliphatic carbocycles. The van der Waals surface area contributed by atoms with Gasteiger partial charge in [0.25, 0.3) is 10.0 Å². The number of aromatic nitrogens is 1. The standard InChI is InChI=1S/C13H16IN3O2S/c1-2-17-9-13(7-12(17)8-15)20(18,19)16-11-5-3-4-10(14)6-11/h3-7,9,16H,2,8,15H2,1H3. The fraction of sp³-hybridized carbons (Fsp3) is 0.231. The molecule has 0 saturated carbocycles. The van der Waals surface area contributed by atoms with Crippen molar-refractivity contribution in [2.24, 2.45) is 5.73 Å². The minimum atomic E-state index is -3.58. The predicted molar refractivity (Wildman–Crippen MR) is 88.0 cm³/mol. The first-order valence-electron chi connectivity index (χ1n) is 6.13. The van der Waals surface area contributed by atoms with Crippen LogP contribution in [0.3, 0.4) is 0 Å². The summed E-state index contributed by atoms with van der Waals surface area (Å²) in [5.41, 5.74) is 6.97. The molecule has 5 nitrogen and oxygen atoms in total. The van der Waals surface area contributed by atoms with Gasteiger partial charge >= 0.3 is 0 Å². The van der Waals surface area contributed by atoms with E-state index >= 15 is 0 Å². The highest BCUT2D eigenvalue weighted by Crippen LogP contribution is 2.20. The molecule has 20 heavy (non-hydrogen) atoms. The number of aryl methyl sites for hydroxylation is 1. The largest absolute Gasteiger partial charge is 0.349 e. The quantitative estimate of drug-likeness (QED) is 0.750. The molecule has 7 heteroatoms. The molecular formula is C13H16IN3O2S. The van der Waals surface area contributed by atoms with Crippen molar-refractivity contribution in [2.75, 3.05) is 4.72 Å². The molecule has 3 N–H and O–H groups in total. The van der Waals surface area contributed by atoms with Gasteiger partial charge in [0, 0.05) is 34.2 Å². The second-order valence-electron chi connectivity index (χ2n) is 4.27. The van der Waals surface area contributed by atoms with Crippen molar-refractivity contribution in [3.63, 3.8) is 0 Å². The van der Waals surface area contributed by atoms with Crippen LogP contribution in [0, 0.1) is 3.57 Å².